The maximum absolute atomic E-state index is 8.55. The molecule has 0 aliphatic heterocycles. The number of hydrogen-bond acceptors (Lipinski definition) is 2. The van der Waals surface area contributed by atoms with E-state index >= 15 is 0 Å². The molecule has 0 unspecified atom stereocenters. The molecule has 80 valence electrons. The molecule has 2 heteroatoms. The summed E-state index contributed by atoms with van der Waals surface area (Å²) in [6, 6.07) is 0. The molecule has 0 aromatic rings. The Balaban J connectivity index is 2.76. The van der Waals surface area contributed by atoms with Gasteiger partial charge in [0, 0.05) is 6.61 Å². The van der Waals surface area contributed by atoms with E-state index < -0.39 is 0 Å². The van der Waals surface area contributed by atoms with E-state index in [0.717, 1.165) is 12.2 Å². The van der Waals surface area contributed by atoms with Crippen molar-refractivity contribution in [1.82, 2.24) is 0 Å². The van der Waals surface area contributed by atoms with Gasteiger partial charge < -0.3 is 5.11 Å². The number of unbranched alkanes of at least 4 members (excludes halogenated alkanes) is 5. The topological polar surface area (TPSA) is 20.2 Å². The summed E-state index contributed by atoms with van der Waals surface area (Å²) in [5, 5.41) is 8.55. The van der Waals surface area contributed by atoms with Crippen molar-refractivity contribution in [2.24, 2.45) is 0 Å². The molecular formula is C11H24OS. The molecule has 0 spiro atoms. The van der Waals surface area contributed by atoms with Crippen LogP contribution >= 0.6 is 11.8 Å². The highest BCUT2D eigenvalue weighted by Crippen LogP contribution is 2.10. The minimum absolute atomic E-state index is 0.351. The second-order valence-electron chi connectivity index (χ2n) is 3.46. The Hall–Kier alpha value is 0.310. The largest absolute Gasteiger partial charge is 0.396 e. The third kappa shape index (κ3) is 12.3. The molecule has 13 heavy (non-hydrogen) atoms. The first-order valence-corrected chi connectivity index (χ1v) is 6.76. The number of thioether (sulfide) groups is 1. The summed E-state index contributed by atoms with van der Waals surface area (Å²) >= 11 is 1.98. The minimum Gasteiger partial charge on any atom is -0.396 e. The lowest BCUT2D eigenvalue weighted by Gasteiger charge is -2.00. The smallest absolute Gasteiger partial charge is 0.0438 e. The molecule has 0 atom stereocenters. The molecule has 0 rings (SSSR count). The van der Waals surface area contributed by atoms with Crippen LogP contribution in [0.2, 0.25) is 0 Å². The average molecular weight is 204 g/mol. The van der Waals surface area contributed by atoms with Gasteiger partial charge >= 0.3 is 0 Å². The van der Waals surface area contributed by atoms with Crippen LogP contribution in [0.1, 0.15) is 51.9 Å². The van der Waals surface area contributed by atoms with Crippen molar-refractivity contribution >= 4 is 11.8 Å². The van der Waals surface area contributed by atoms with Crippen LogP contribution in [0.5, 0.6) is 0 Å². The predicted molar refractivity (Wildman–Crippen MR) is 62.4 cm³/mol. The van der Waals surface area contributed by atoms with Crippen molar-refractivity contribution in [3.05, 3.63) is 0 Å². The first kappa shape index (κ1) is 13.3. The van der Waals surface area contributed by atoms with Gasteiger partial charge in [-0.25, -0.2) is 0 Å². The van der Waals surface area contributed by atoms with E-state index in [9.17, 15) is 0 Å². The van der Waals surface area contributed by atoms with E-state index in [4.69, 9.17) is 5.11 Å². The fourth-order valence-corrected chi connectivity index (χ4v) is 2.20. The fraction of sp³-hybridized carbons (Fsp3) is 1.00. The van der Waals surface area contributed by atoms with Crippen LogP contribution in [0, 0.1) is 0 Å². The number of hydrogen-bond donors (Lipinski definition) is 1. The first-order chi connectivity index (χ1) is 6.41. The lowest BCUT2D eigenvalue weighted by molar-refractivity contribution is 0.296. The van der Waals surface area contributed by atoms with Crippen LogP contribution in [0.4, 0.5) is 0 Å². The Labute approximate surface area is 87.3 Å². The highest BCUT2D eigenvalue weighted by molar-refractivity contribution is 7.99. The molecule has 1 N–H and O–H groups in total. The van der Waals surface area contributed by atoms with Gasteiger partial charge in [-0.2, -0.15) is 11.8 Å². The van der Waals surface area contributed by atoms with Gasteiger partial charge in [0.15, 0.2) is 0 Å². The van der Waals surface area contributed by atoms with Gasteiger partial charge in [0.25, 0.3) is 0 Å². The Bertz CT molecular complexity index is 76.2. The van der Waals surface area contributed by atoms with Crippen LogP contribution in [-0.2, 0) is 0 Å². The van der Waals surface area contributed by atoms with Crippen molar-refractivity contribution in [2.45, 2.75) is 51.9 Å². The summed E-state index contributed by atoms with van der Waals surface area (Å²) in [5.74, 6) is 2.41. The third-order valence-corrected chi connectivity index (χ3v) is 3.24. The van der Waals surface area contributed by atoms with Crippen molar-refractivity contribution in [3.8, 4) is 0 Å². The monoisotopic (exact) mass is 204 g/mol. The van der Waals surface area contributed by atoms with E-state index in [2.05, 4.69) is 6.92 Å². The molecule has 0 aliphatic carbocycles. The van der Waals surface area contributed by atoms with Gasteiger partial charge in [0.05, 0.1) is 0 Å². The van der Waals surface area contributed by atoms with Crippen molar-refractivity contribution < 1.29 is 5.11 Å². The van der Waals surface area contributed by atoms with E-state index in [1.165, 1.54) is 44.3 Å². The minimum atomic E-state index is 0.351. The van der Waals surface area contributed by atoms with Crippen LogP contribution in [-0.4, -0.2) is 23.2 Å². The molecule has 1 nitrogen and oxygen atoms in total. The first-order valence-electron chi connectivity index (χ1n) is 5.60. The molecule has 0 bridgehead atoms. The normalized spacial score (nSPS) is 10.6. The Morgan fingerprint density at radius 1 is 0.846 bits per heavy atom. The van der Waals surface area contributed by atoms with E-state index in [1.807, 2.05) is 11.8 Å². The molecule has 0 saturated heterocycles. The Morgan fingerprint density at radius 3 is 2.15 bits per heavy atom. The number of aliphatic hydroxyl groups excluding tert-OH is 1. The van der Waals surface area contributed by atoms with Gasteiger partial charge in [-0.3, -0.25) is 0 Å². The Kier molecular flexibility index (Phi) is 12.6. The zero-order valence-corrected chi connectivity index (χ0v) is 9.74. The molecule has 0 saturated carbocycles. The average Bonchev–Trinajstić information content (AvgIpc) is 2.16. The molecule has 0 radical (unpaired) electrons. The molecule has 0 fully saturated rings. The standard InChI is InChI=1S/C11H24OS/c1-2-3-4-5-6-7-10-13-11-8-9-12/h12H,2-11H2,1H3. The maximum Gasteiger partial charge on any atom is 0.0438 e. The zero-order valence-electron chi connectivity index (χ0n) is 8.93. The van der Waals surface area contributed by atoms with Gasteiger partial charge in [-0.05, 0) is 24.3 Å². The lowest BCUT2D eigenvalue weighted by Crippen LogP contribution is -1.88. The van der Waals surface area contributed by atoms with Crippen LogP contribution in [0.3, 0.4) is 0 Å². The highest BCUT2D eigenvalue weighted by Gasteiger charge is 1.91. The molecule has 0 heterocycles. The molecule has 0 aliphatic rings. The number of aliphatic hydroxyl groups is 1. The SMILES string of the molecule is CCCCCCCCSCCCO. The Morgan fingerprint density at radius 2 is 1.46 bits per heavy atom. The summed E-state index contributed by atoms with van der Waals surface area (Å²) in [7, 11) is 0. The van der Waals surface area contributed by atoms with Crippen LogP contribution in [0.15, 0.2) is 0 Å². The van der Waals surface area contributed by atoms with Crippen molar-refractivity contribution in [2.75, 3.05) is 18.1 Å². The van der Waals surface area contributed by atoms with Crippen molar-refractivity contribution in [3.63, 3.8) is 0 Å². The second kappa shape index (κ2) is 12.3. The zero-order chi connectivity index (χ0) is 9.78. The van der Waals surface area contributed by atoms with Crippen molar-refractivity contribution in [1.29, 1.82) is 0 Å². The quantitative estimate of drug-likeness (QED) is 0.550. The number of rotatable bonds is 10. The van der Waals surface area contributed by atoms with E-state index in [0.29, 0.717) is 6.61 Å². The summed E-state index contributed by atoms with van der Waals surface area (Å²) < 4.78 is 0. The molecular weight excluding hydrogens is 180 g/mol. The fourth-order valence-electron chi connectivity index (χ4n) is 1.25. The predicted octanol–water partition coefficient (Wildman–Crippen LogP) is 3.46. The third-order valence-electron chi connectivity index (χ3n) is 2.09. The highest BCUT2D eigenvalue weighted by atomic mass is 32.2. The van der Waals surface area contributed by atoms with E-state index in [-0.39, 0.29) is 0 Å². The van der Waals surface area contributed by atoms with Gasteiger partial charge in [0.1, 0.15) is 0 Å². The maximum atomic E-state index is 8.55. The molecule has 0 amide bonds. The van der Waals surface area contributed by atoms with Gasteiger partial charge in [-0.1, -0.05) is 39.0 Å². The molecule has 0 aromatic carbocycles. The van der Waals surface area contributed by atoms with Crippen LogP contribution in [0.25, 0.3) is 0 Å². The summed E-state index contributed by atoms with van der Waals surface area (Å²) in [6.45, 7) is 2.61. The summed E-state index contributed by atoms with van der Waals surface area (Å²) in [6.07, 6.45) is 9.28. The molecule has 0 aromatic heterocycles. The lowest BCUT2D eigenvalue weighted by atomic mass is 10.1. The summed E-state index contributed by atoms with van der Waals surface area (Å²) in [4.78, 5) is 0. The van der Waals surface area contributed by atoms with Crippen LogP contribution < -0.4 is 0 Å². The van der Waals surface area contributed by atoms with Gasteiger partial charge in [0.2, 0.25) is 0 Å². The summed E-state index contributed by atoms with van der Waals surface area (Å²) in [5.41, 5.74) is 0. The van der Waals surface area contributed by atoms with E-state index in [1.54, 1.807) is 0 Å². The second-order valence-corrected chi connectivity index (χ2v) is 4.68. The van der Waals surface area contributed by atoms with Gasteiger partial charge in [-0.15, -0.1) is 0 Å².